The third kappa shape index (κ3) is 3.68. The molecule has 112 valence electrons. The van der Waals surface area contributed by atoms with Crippen molar-refractivity contribution in [2.24, 2.45) is 0 Å². The van der Waals surface area contributed by atoms with Crippen molar-refractivity contribution in [1.29, 1.82) is 0 Å². The highest BCUT2D eigenvalue weighted by molar-refractivity contribution is 5.59. The Bertz CT molecular complexity index is 610. The highest BCUT2D eigenvalue weighted by Crippen LogP contribution is 2.24. The van der Waals surface area contributed by atoms with E-state index in [1.54, 1.807) is 0 Å². The van der Waals surface area contributed by atoms with Gasteiger partial charge in [0.05, 0.1) is 0 Å². The van der Waals surface area contributed by atoms with Crippen molar-refractivity contribution in [2.45, 2.75) is 26.7 Å². The summed E-state index contributed by atoms with van der Waals surface area (Å²) in [5.41, 5.74) is 1.90. The topological polar surface area (TPSA) is 37.0 Å². The number of halogens is 2. The number of benzene rings is 1. The molecule has 3 nitrogen and oxygen atoms in total. The van der Waals surface area contributed by atoms with Crippen LogP contribution >= 0.6 is 0 Å². The first-order valence-electron chi connectivity index (χ1n) is 6.98. The summed E-state index contributed by atoms with van der Waals surface area (Å²) in [7, 11) is 0. The monoisotopic (exact) mass is 291 g/mol. The normalized spacial score (nSPS) is 10.8. The standard InChI is InChI=1S/C16H19F2N3/c1-4-19-15-13(17)9-14(18)16(21-15)20-12-7-5-11(6-8-12)10(2)3/h5-10H,4H2,1-3H3,(H2,19,20,21). The number of rotatable bonds is 5. The van der Waals surface area contributed by atoms with Crippen LogP contribution in [-0.2, 0) is 0 Å². The van der Waals surface area contributed by atoms with E-state index in [0.29, 0.717) is 18.2 Å². The second kappa shape index (κ2) is 6.52. The lowest BCUT2D eigenvalue weighted by atomic mass is 10.0. The van der Waals surface area contributed by atoms with E-state index >= 15 is 0 Å². The largest absolute Gasteiger partial charge is 0.368 e. The number of pyridine rings is 1. The maximum absolute atomic E-state index is 13.8. The highest BCUT2D eigenvalue weighted by Gasteiger charge is 2.11. The van der Waals surface area contributed by atoms with Crippen molar-refractivity contribution in [2.75, 3.05) is 17.2 Å². The molecular formula is C16H19F2N3. The summed E-state index contributed by atoms with van der Waals surface area (Å²) in [5.74, 6) is -0.943. The Balaban J connectivity index is 2.24. The molecule has 0 aliphatic rings. The summed E-state index contributed by atoms with van der Waals surface area (Å²) in [4.78, 5) is 3.94. The molecule has 21 heavy (non-hydrogen) atoms. The molecule has 0 atom stereocenters. The zero-order valence-corrected chi connectivity index (χ0v) is 12.4. The van der Waals surface area contributed by atoms with Gasteiger partial charge in [-0.3, -0.25) is 0 Å². The van der Waals surface area contributed by atoms with Gasteiger partial charge in [-0.2, -0.15) is 0 Å². The number of hydrogen-bond acceptors (Lipinski definition) is 3. The lowest BCUT2D eigenvalue weighted by Crippen LogP contribution is -2.06. The third-order valence-electron chi connectivity index (χ3n) is 3.11. The molecule has 0 aliphatic carbocycles. The van der Waals surface area contributed by atoms with Crippen LogP contribution < -0.4 is 10.6 Å². The summed E-state index contributed by atoms with van der Waals surface area (Å²) in [6.07, 6.45) is 0. The van der Waals surface area contributed by atoms with Crippen molar-refractivity contribution >= 4 is 17.3 Å². The van der Waals surface area contributed by atoms with Gasteiger partial charge in [-0.05, 0) is 30.5 Å². The SMILES string of the molecule is CCNc1nc(Nc2ccc(C(C)C)cc2)c(F)cc1F. The molecule has 0 saturated heterocycles. The Morgan fingerprint density at radius 2 is 1.67 bits per heavy atom. The lowest BCUT2D eigenvalue weighted by molar-refractivity contribution is 0.579. The number of anilines is 3. The van der Waals surface area contributed by atoms with E-state index in [2.05, 4.69) is 29.5 Å². The van der Waals surface area contributed by atoms with Gasteiger partial charge in [0.2, 0.25) is 0 Å². The minimum absolute atomic E-state index is 0.00430. The van der Waals surface area contributed by atoms with Crippen LogP contribution in [0.5, 0.6) is 0 Å². The molecule has 2 aromatic rings. The Morgan fingerprint density at radius 1 is 1.05 bits per heavy atom. The number of nitrogens with zero attached hydrogens (tertiary/aromatic N) is 1. The summed E-state index contributed by atoms with van der Waals surface area (Å²) >= 11 is 0. The van der Waals surface area contributed by atoms with E-state index < -0.39 is 11.6 Å². The first-order valence-corrected chi connectivity index (χ1v) is 6.98. The van der Waals surface area contributed by atoms with Gasteiger partial charge in [0.25, 0.3) is 0 Å². The summed E-state index contributed by atoms with van der Waals surface area (Å²) in [6.45, 7) is 6.54. The Morgan fingerprint density at radius 3 is 2.24 bits per heavy atom. The summed E-state index contributed by atoms with van der Waals surface area (Å²) in [5, 5.41) is 5.63. The fraction of sp³-hybridized carbons (Fsp3) is 0.312. The smallest absolute Gasteiger partial charge is 0.169 e. The maximum Gasteiger partial charge on any atom is 0.169 e. The Kier molecular flexibility index (Phi) is 4.73. The average Bonchev–Trinajstić information content (AvgIpc) is 2.45. The van der Waals surface area contributed by atoms with Crippen LogP contribution in [0.3, 0.4) is 0 Å². The van der Waals surface area contributed by atoms with E-state index in [9.17, 15) is 8.78 Å². The zero-order chi connectivity index (χ0) is 15.4. The maximum atomic E-state index is 13.8. The highest BCUT2D eigenvalue weighted by atomic mass is 19.1. The zero-order valence-electron chi connectivity index (χ0n) is 12.4. The quantitative estimate of drug-likeness (QED) is 0.841. The molecule has 1 aromatic heterocycles. The molecule has 1 heterocycles. The number of aromatic nitrogens is 1. The molecule has 0 unspecified atom stereocenters. The van der Waals surface area contributed by atoms with Gasteiger partial charge in [-0.25, -0.2) is 13.8 Å². The lowest BCUT2D eigenvalue weighted by Gasteiger charge is -2.11. The minimum Gasteiger partial charge on any atom is -0.368 e. The van der Waals surface area contributed by atoms with Crippen molar-refractivity contribution in [3.63, 3.8) is 0 Å². The van der Waals surface area contributed by atoms with Crippen molar-refractivity contribution < 1.29 is 8.78 Å². The van der Waals surface area contributed by atoms with Crippen LogP contribution in [0, 0.1) is 11.6 Å². The predicted octanol–water partition coefficient (Wildman–Crippen LogP) is 4.66. The van der Waals surface area contributed by atoms with Gasteiger partial charge >= 0.3 is 0 Å². The summed E-state index contributed by atoms with van der Waals surface area (Å²) in [6, 6.07) is 8.48. The second-order valence-corrected chi connectivity index (χ2v) is 5.08. The van der Waals surface area contributed by atoms with E-state index in [1.807, 2.05) is 31.2 Å². The van der Waals surface area contributed by atoms with Crippen LogP contribution in [0.25, 0.3) is 0 Å². The Hall–Kier alpha value is -2.17. The number of nitrogens with one attached hydrogen (secondary N) is 2. The van der Waals surface area contributed by atoms with Crippen molar-refractivity contribution in [3.05, 3.63) is 47.5 Å². The molecule has 2 rings (SSSR count). The van der Waals surface area contributed by atoms with Crippen LogP contribution in [-0.4, -0.2) is 11.5 Å². The first-order chi connectivity index (χ1) is 10.0. The molecule has 0 spiro atoms. The predicted molar refractivity (Wildman–Crippen MR) is 82.1 cm³/mol. The van der Waals surface area contributed by atoms with Crippen molar-refractivity contribution in [3.8, 4) is 0 Å². The van der Waals surface area contributed by atoms with Crippen LogP contribution in [0.15, 0.2) is 30.3 Å². The minimum atomic E-state index is -0.720. The van der Waals surface area contributed by atoms with Gasteiger partial charge in [-0.15, -0.1) is 0 Å². The van der Waals surface area contributed by atoms with Gasteiger partial charge in [0, 0.05) is 18.3 Å². The third-order valence-corrected chi connectivity index (χ3v) is 3.11. The average molecular weight is 291 g/mol. The van der Waals surface area contributed by atoms with Gasteiger partial charge in [-0.1, -0.05) is 26.0 Å². The van der Waals surface area contributed by atoms with Crippen LogP contribution in [0.1, 0.15) is 32.3 Å². The van der Waals surface area contributed by atoms with E-state index in [-0.39, 0.29) is 11.6 Å². The second-order valence-electron chi connectivity index (χ2n) is 5.08. The van der Waals surface area contributed by atoms with Crippen molar-refractivity contribution in [1.82, 2.24) is 4.98 Å². The first kappa shape index (κ1) is 15.2. The fourth-order valence-corrected chi connectivity index (χ4v) is 1.93. The van der Waals surface area contributed by atoms with Crippen LogP contribution in [0.4, 0.5) is 26.1 Å². The van der Waals surface area contributed by atoms with Crippen LogP contribution in [0.2, 0.25) is 0 Å². The fourth-order valence-electron chi connectivity index (χ4n) is 1.93. The van der Waals surface area contributed by atoms with Gasteiger partial charge < -0.3 is 10.6 Å². The van der Waals surface area contributed by atoms with E-state index in [4.69, 9.17) is 0 Å². The van der Waals surface area contributed by atoms with E-state index in [1.165, 1.54) is 5.56 Å². The van der Waals surface area contributed by atoms with Gasteiger partial charge in [0.1, 0.15) is 0 Å². The molecule has 0 bridgehead atoms. The molecule has 0 radical (unpaired) electrons. The molecule has 2 N–H and O–H groups in total. The molecule has 0 amide bonds. The summed E-state index contributed by atoms with van der Waals surface area (Å²) < 4.78 is 27.3. The molecule has 5 heteroatoms. The molecule has 0 saturated carbocycles. The molecule has 0 aliphatic heterocycles. The Labute approximate surface area is 123 Å². The number of hydrogen-bond donors (Lipinski definition) is 2. The van der Waals surface area contributed by atoms with Gasteiger partial charge in [0.15, 0.2) is 23.3 Å². The molecular weight excluding hydrogens is 272 g/mol. The molecule has 1 aromatic carbocycles. The van der Waals surface area contributed by atoms with E-state index in [0.717, 1.165) is 6.07 Å². The molecule has 0 fully saturated rings.